The number of rotatable bonds is 7. The Balaban J connectivity index is 1.60. The standard InChI is InChI=1S/C24H25BrN4O3/c1-4-23(31)29-11-17(12-29)27-22(30)14-28-13-20(19-10-16(25)7-8-21(19)28)18-6-5-9-26-24(18)32-15(2)3/h4-10,13,15,17H,1,11-12,14H2,2-3H3,(H,27,30). The fourth-order valence-electron chi connectivity index (χ4n) is 3.83. The van der Waals surface area contributed by atoms with Crippen LogP contribution in [0.4, 0.5) is 0 Å². The lowest BCUT2D eigenvalue weighted by atomic mass is 10.1. The summed E-state index contributed by atoms with van der Waals surface area (Å²) in [6, 6.07) is 9.80. The highest BCUT2D eigenvalue weighted by Gasteiger charge is 2.30. The number of fused-ring (bicyclic) bond motifs is 1. The molecule has 32 heavy (non-hydrogen) atoms. The quantitative estimate of drug-likeness (QED) is 0.505. The smallest absolute Gasteiger partial charge is 0.246 e. The Labute approximate surface area is 195 Å². The van der Waals surface area contributed by atoms with Crippen LogP contribution in [0.5, 0.6) is 5.88 Å². The van der Waals surface area contributed by atoms with E-state index >= 15 is 0 Å². The molecule has 3 heterocycles. The molecule has 4 rings (SSSR count). The van der Waals surface area contributed by atoms with E-state index in [1.54, 1.807) is 11.1 Å². The summed E-state index contributed by atoms with van der Waals surface area (Å²) in [5.41, 5.74) is 2.76. The van der Waals surface area contributed by atoms with Crippen LogP contribution in [0.15, 0.2) is 59.9 Å². The lowest BCUT2D eigenvalue weighted by molar-refractivity contribution is -0.133. The average molecular weight is 497 g/mol. The van der Waals surface area contributed by atoms with Gasteiger partial charge < -0.3 is 19.5 Å². The fourth-order valence-corrected chi connectivity index (χ4v) is 4.20. The zero-order chi connectivity index (χ0) is 22.8. The van der Waals surface area contributed by atoms with E-state index < -0.39 is 0 Å². The maximum atomic E-state index is 12.7. The maximum absolute atomic E-state index is 12.7. The minimum Gasteiger partial charge on any atom is -0.475 e. The second-order valence-electron chi connectivity index (χ2n) is 8.07. The molecular formula is C24H25BrN4O3. The lowest BCUT2D eigenvalue weighted by Gasteiger charge is -2.38. The highest BCUT2D eigenvalue weighted by molar-refractivity contribution is 9.10. The van der Waals surface area contributed by atoms with Gasteiger partial charge in [-0.2, -0.15) is 0 Å². The maximum Gasteiger partial charge on any atom is 0.246 e. The third-order valence-electron chi connectivity index (χ3n) is 5.30. The Morgan fingerprint density at radius 2 is 2.09 bits per heavy atom. The van der Waals surface area contributed by atoms with Crippen LogP contribution in [0.1, 0.15) is 13.8 Å². The van der Waals surface area contributed by atoms with E-state index in [9.17, 15) is 9.59 Å². The van der Waals surface area contributed by atoms with Gasteiger partial charge >= 0.3 is 0 Å². The number of pyridine rings is 1. The molecule has 1 N–H and O–H groups in total. The van der Waals surface area contributed by atoms with Crippen molar-refractivity contribution in [2.75, 3.05) is 13.1 Å². The number of hydrogen-bond acceptors (Lipinski definition) is 4. The lowest BCUT2D eigenvalue weighted by Crippen LogP contribution is -2.61. The summed E-state index contributed by atoms with van der Waals surface area (Å²) >= 11 is 3.56. The van der Waals surface area contributed by atoms with Crippen LogP contribution in [-0.4, -0.2) is 51.5 Å². The van der Waals surface area contributed by atoms with E-state index in [0.717, 1.165) is 26.5 Å². The summed E-state index contributed by atoms with van der Waals surface area (Å²) in [6.45, 7) is 8.61. The summed E-state index contributed by atoms with van der Waals surface area (Å²) in [4.78, 5) is 30.4. The minimum atomic E-state index is -0.113. The molecule has 2 aromatic heterocycles. The number of likely N-dealkylation sites (tertiary alicyclic amines) is 1. The van der Waals surface area contributed by atoms with Crippen molar-refractivity contribution in [2.24, 2.45) is 0 Å². The first-order chi connectivity index (χ1) is 15.4. The molecule has 0 bridgehead atoms. The molecule has 7 nitrogen and oxygen atoms in total. The molecule has 0 radical (unpaired) electrons. The number of carbonyl (C=O) groups excluding carboxylic acids is 2. The summed E-state index contributed by atoms with van der Waals surface area (Å²) in [7, 11) is 0. The largest absolute Gasteiger partial charge is 0.475 e. The third-order valence-corrected chi connectivity index (χ3v) is 5.79. The van der Waals surface area contributed by atoms with Crippen LogP contribution in [-0.2, 0) is 16.1 Å². The van der Waals surface area contributed by atoms with E-state index in [1.807, 2.05) is 54.9 Å². The highest BCUT2D eigenvalue weighted by Crippen LogP contribution is 2.36. The number of nitrogens with one attached hydrogen (secondary N) is 1. The van der Waals surface area contributed by atoms with Gasteiger partial charge in [-0.1, -0.05) is 22.5 Å². The van der Waals surface area contributed by atoms with Crippen molar-refractivity contribution in [1.29, 1.82) is 0 Å². The number of amides is 2. The fraction of sp³-hybridized carbons (Fsp3) is 0.292. The van der Waals surface area contributed by atoms with Crippen molar-refractivity contribution < 1.29 is 14.3 Å². The molecule has 0 spiro atoms. The molecule has 0 atom stereocenters. The van der Waals surface area contributed by atoms with E-state index in [1.165, 1.54) is 6.08 Å². The van der Waals surface area contributed by atoms with Gasteiger partial charge in [-0.15, -0.1) is 0 Å². The monoisotopic (exact) mass is 496 g/mol. The minimum absolute atomic E-state index is 0.00970. The number of aromatic nitrogens is 2. The van der Waals surface area contributed by atoms with Crippen LogP contribution < -0.4 is 10.1 Å². The number of benzene rings is 1. The number of ether oxygens (including phenoxy) is 1. The Kier molecular flexibility index (Phi) is 6.32. The van der Waals surface area contributed by atoms with E-state index in [2.05, 4.69) is 32.8 Å². The van der Waals surface area contributed by atoms with Gasteiger partial charge in [-0.3, -0.25) is 9.59 Å². The van der Waals surface area contributed by atoms with Gasteiger partial charge in [0.25, 0.3) is 0 Å². The molecule has 1 saturated heterocycles. The van der Waals surface area contributed by atoms with Gasteiger partial charge in [0.15, 0.2) is 0 Å². The number of hydrogen-bond donors (Lipinski definition) is 1. The van der Waals surface area contributed by atoms with Gasteiger partial charge in [-0.05, 0) is 50.3 Å². The summed E-state index contributed by atoms with van der Waals surface area (Å²) < 4.78 is 8.82. The van der Waals surface area contributed by atoms with Crippen LogP contribution in [0.25, 0.3) is 22.0 Å². The Morgan fingerprint density at radius 1 is 1.31 bits per heavy atom. The molecule has 1 fully saturated rings. The first-order valence-corrected chi connectivity index (χ1v) is 11.3. The van der Waals surface area contributed by atoms with Crippen molar-refractivity contribution >= 4 is 38.6 Å². The predicted molar refractivity (Wildman–Crippen MR) is 127 cm³/mol. The molecular weight excluding hydrogens is 472 g/mol. The summed E-state index contributed by atoms with van der Waals surface area (Å²) in [6.07, 6.45) is 4.96. The Hall–Kier alpha value is -3.13. The molecule has 0 unspecified atom stereocenters. The number of nitrogens with zero attached hydrogens (tertiary/aromatic N) is 3. The zero-order valence-electron chi connectivity index (χ0n) is 18.0. The van der Waals surface area contributed by atoms with E-state index in [0.29, 0.717) is 19.0 Å². The molecule has 3 aromatic rings. The molecule has 8 heteroatoms. The first kappa shape index (κ1) is 22.1. The predicted octanol–water partition coefficient (Wildman–Crippen LogP) is 3.77. The average Bonchev–Trinajstić information content (AvgIpc) is 3.07. The highest BCUT2D eigenvalue weighted by atomic mass is 79.9. The van der Waals surface area contributed by atoms with Gasteiger partial charge in [0, 0.05) is 52.0 Å². The molecule has 166 valence electrons. The summed E-state index contributed by atoms with van der Waals surface area (Å²) in [5, 5.41) is 4.00. The second-order valence-corrected chi connectivity index (χ2v) is 8.98. The van der Waals surface area contributed by atoms with Crippen LogP contribution >= 0.6 is 15.9 Å². The zero-order valence-corrected chi connectivity index (χ0v) is 19.6. The number of carbonyl (C=O) groups is 2. The van der Waals surface area contributed by atoms with Gasteiger partial charge in [0.1, 0.15) is 6.54 Å². The topological polar surface area (TPSA) is 76.5 Å². The van der Waals surface area contributed by atoms with E-state index in [4.69, 9.17) is 4.74 Å². The van der Waals surface area contributed by atoms with Gasteiger partial charge in [0.05, 0.1) is 12.1 Å². The second kappa shape index (κ2) is 9.16. The van der Waals surface area contributed by atoms with Gasteiger partial charge in [-0.25, -0.2) is 4.98 Å². The van der Waals surface area contributed by atoms with Gasteiger partial charge in [0.2, 0.25) is 17.7 Å². The van der Waals surface area contributed by atoms with Crippen LogP contribution in [0.2, 0.25) is 0 Å². The molecule has 1 aromatic carbocycles. The van der Waals surface area contributed by atoms with E-state index in [-0.39, 0.29) is 30.5 Å². The van der Waals surface area contributed by atoms with Crippen molar-refractivity contribution in [3.8, 4) is 17.0 Å². The molecule has 0 saturated carbocycles. The number of halogens is 1. The Morgan fingerprint density at radius 3 is 2.81 bits per heavy atom. The molecule has 0 aliphatic carbocycles. The normalized spacial score (nSPS) is 13.8. The van der Waals surface area contributed by atoms with Crippen molar-refractivity contribution in [2.45, 2.75) is 32.5 Å². The Bertz CT molecular complexity index is 1180. The third kappa shape index (κ3) is 4.55. The van der Waals surface area contributed by atoms with Crippen LogP contribution in [0.3, 0.4) is 0 Å². The summed E-state index contributed by atoms with van der Waals surface area (Å²) in [5.74, 6) is 0.349. The van der Waals surface area contributed by atoms with Crippen LogP contribution in [0, 0.1) is 0 Å². The molecule has 1 aliphatic rings. The molecule has 1 aliphatic heterocycles. The SMILES string of the molecule is C=CC(=O)N1CC(NC(=O)Cn2cc(-c3cccnc3OC(C)C)c3cc(Br)ccc32)C1. The van der Waals surface area contributed by atoms with Crippen molar-refractivity contribution in [3.05, 3.63) is 59.9 Å². The molecule has 2 amide bonds. The van der Waals surface area contributed by atoms with Crippen molar-refractivity contribution in [1.82, 2.24) is 19.8 Å². The first-order valence-electron chi connectivity index (χ1n) is 10.5. The van der Waals surface area contributed by atoms with Crippen molar-refractivity contribution in [3.63, 3.8) is 0 Å².